The SMILES string of the molecule is O=C(c1cccc2nccnc12)N1C[C@@H]2CC[C@H](C1)N(CC1CCC1)C2. The number of rotatable bonds is 3. The van der Waals surface area contributed by atoms with Crippen LogP contribution in [0.3, 0.4) is 0 Å². The molecule has 26 heavy (non-hydrogen) atoms. The Morgan fingerprint density at radius 2 is 1.92 bits per heavy atom. The number of aromatic nitrogens is 2. The zero-order valence-corrected chi connectivity index (χ0v) is 15.2. The van der Waals surface area contributed by atoms with E-state index in [1.54, 1.807) is 12.4 Å². The molecule has 136 valence electrons. The highest BCUT2D eigenvalue weighted by Gasteiger charge is 2.38. The van der Waals surface area contributed by atoms with Crippen LogP contribution in [0.2, 0.25) is 0 Å². The minimum Gasteiger partial charge on any atom is -0.337 e. The molecule has 1 aromatic carbocycles. The molecule has 0 N–H and O–H groups in total. The normalized spacial score (nSPS) is 26.7. The van der Waals surface area contributed by atoms with Gasteiger partial charge in [-0.2, -0.15) is 0 Å². The van der Waals surface area contributed by atoms with E-state index in [9.17, 15) is 4.79 Å². The van der Waals surface area contributed by atoms with Crippen molar-refractivity contribution >= 4 is 16.9 Å². The molecule has 4 fully saturated rings. The third kappa shape index (κ3) is 2.88. The van der Waals surface area contributed by atoms with Gasteiger partial charge in [0.1, 0.15) is 5.52 Å². The Bertz CT molecular complexity index is 813. The Morgan fingerprint density at radius 3 is 2.77 bits per heavy atom. The predicted molar refractivity (Wildman–Crippen MR) is 101 cm³/mol. The first-order valence-corrected chi connectivity index (χ1v) is 10.0. The monoisotopic (exact) mass is 350 g/mol. The Hall–Kier alpha value is -2.01. The van der Waals surface area contributed by atoms with Gasteiger partial charge in [-0.3, -0.25) is 19.7 Å². The summed E-state index contributed by atoms with van der Waals surface area (Å²) in [6.45, 7) is 4.15. The van der Waals surface area contributed by atoms with Gasteiger partial charge in [0.25, 0.3) is 5.91 Å². The van der Waals surface area contributed by atoms with Crippen molar-refractivity contribution in [2.75, 3.05) is 26.2 Å². The van der Waals surface area contributed by atoms with Crippen LogP contribution in [0.4, 0.5) is 0 Å². The van der Waals surface area contributed by atoms with Gasteiger partial charge in [-0.25, -0.2) is 0 Å². The lowest BCUT2D eigenvalue weighted by atomic mass is 9.83. The molecule has 4 aliphatic rings. The predicted octanol–water partition coefficient (Wildman–Crippen LogP) is 2.97. The number of amides is 1. The molecule has 2 atom stereocenters. The van der Waals surface area contributed by atoms with Crippen LogP contribution in [0.15, 0.2) is 30.6 Å². The van der Waals surface area contributed by atoms with Crippen molar-refractivity contribution in [2.45, 2.75) is 38.1 Å². The molecule has 1 amide bonds. The highest BCUT2D eigenvalue weighted by Crippen LogP contribution is 2.33. The standard InChI is InChI=1S/C21H26N4O/c26-21(18-5-2-6-19-20(18)23-10-9-22-19)25-13-16-7-8-17(14-25)24(12-16)11-15-3-1-4-15/h2,5-6,9-10,15-17H,1,3-4,7-8,11-14H2/t16-,17-/m1/s1. The van der Waals surface area contributed by atoms with Gasteiger partial charge in [0.15, 0.2) is 0 Å². The Morgan fingerprint density at radius 1 is 1.04 bits per heavy atom. The van der Waals surface area contributed by atoms with E-state index < -0.39 is 0 Å². The lowest BCUT2D eigenvalue weighted by Crippen LogP contribution is -2.47. The summed E-state index contributed by atoms with van der Waals surface area (Å²) in [7, 11) is 0. The molecule has 1 aliphatic carbocycles. The number of benzene rings is 1. The van der Waals surface area contributed by atoms with Gasteiger partial charge in [-0.05, 0) is 49.7 Å². The van der Waals surface area contributed by atoms with Crippen molar-refractivity contribution in [3.8, 4) is 0 Å². The average Bonchev–Trinajstić information content (AvgIpc) is 2.95. The summed E-state index contributed by atoms with van der Waals surface area (Å²) in [4.78, 5) is 26.9. The van der Waals surface area contributed by atoms with Gasteiger partial charge in [-0.1, -0.05) is 12.5 Å². The number of carbonyl (C=O) groups is 1. The molecule has 5 nitrogen and oxygen atoms in total. The molecular weight excluding hydrogens is 324 g/mol. The number of fused-ring (bicyclic) bond motifs is 5. The van der Waals surface area contributed by atoms with Gasteiger partial charge < -0.3 is 4.90 Å². The molecule has 6 rings (SSSR count). The molecule has 0 radical (unpaired) electrons. The Kier molecular flexibility index (Phi) is 4.12. The average molecular weight is 350 g/mol. The number of carbonyl (C=O) groups excluding carboxylic acids is 1. The molecule has 3 saturated heterocycles. The van der Waals surface area contributed by atoms with Crippen LogP contribution in [0, 0.1) is 11.8 Å². The van der Waals surface area contributed by atoms with Crippen LogP contribution in [-0.4, -0.2) is 57.9 Å². The summed E-state index contributed by atoms with van der Waals surface area (Å²) < 4.78 is 0. The summed E-state index contributed by atoms with van der Waals surface area (Å²) in [6, 6.07) is 6.27. The highest BCUT2D eigenvalue weighted by atomic mass is 16.2. The second-order valence-corrected chi connectivity index (χ2v) is 8.29. The van der Waals surface area contributed by atoms with Gasteiger partial charge in [0.05, 0.1) is 11.1 Å². The first-order chi connectivity index (χ1) is 12.8. The minimum absolute atomic E-state index is 0.124. The Balaban J connectivity index is 1.39. The number of hydrogen-bond acceptors (Lipinski definition) is 4. The molecule has 1 saturated carbocycles. The van der Waals surface area contributed by atoms with Crippen molar-refractivity contribution in [3.05, 3.63) is 36.2 Å². The quantitative estimate of drug-likeness (QED) is 0.854. The lowest BCUT2D eigenvalue weighted by Gasteiger charge is -2.40. The maximum atomic E-state index is 13.3. The topological polar surface area (TPSA) is 49.3 Å². The van der Waals surface area contributed by atoms with E-state index >= 15 is 0 Å². The van der Waals surface area contributed by atoms with E-state index in [0.29, 0.717) is 17.5 Å². The minimum atomic E-state index is 0.124. The van der Waals surface area contributed by atoms with Crippen LogP contribution < -0.4 is 0 Å². The highest BCUT2D eigenvalue weighted by molar-refractivity contribution is 6.04. The fraction of sp³-hybridized carbons (Fsp3) is 0.571. The van der Waals surface area contributed by atoms with Crippen LogP contribution in [0.25, 0.3) is 11.0 Å². The summed E-state index contributed by atoms with van der Waals surface area (Å²) in [5.41, 5.74) is 2.22. The van der Waals surface area contributed by atoms with E-state index in [0.717, 1.165) is 30.0 Å². The molecule has 4 heterocycles. The molecule has 2 aromatic rings. The van der Waals surface area contributed by atoms with Gasteiger partial charge in [-0.15, -0.1) is 0 Å². The number of piperidine rings is 1. The molecular formula is C21H26N4O. The third-order valence-corrected chi connectivity index (χ3v) is 6.56. The maximum Gasteiger partial charge on any atom is 0.256 e. The first kappa shape index (κ1) is 16.2. The smallest absolute Gasteiger partial charge is 0.256 e. The van der Waals surface area contributed by atoms with Crippen molar-refractivity contribution in [1.29, 1.82) is 0 Å². The van der Waals surface area contributed by atoms with Crippen LogP contribution in [0.5, 0.6) is 0 Å². The van der Waals surface area contributed by atoms with E-state index in [1.165, 1.54) is 45.2 Å². The van der Waals surface area contributed by atoms with Crippen molar-refractivity contribution in [1.82, 2.24) is 19.8 Å². The fourth-order valence-electron chi connectivity index (χ4n) is 4.91. The molecule has 3 aliphatic heterocycles. The van der Waals surface area contributed by atoms with Crippen LogP contribution in [-0.2, 0) is 0 Å². The van der Waals surface area contributed by atoms with Crippen molar-refractivity contribution < 1.29 is 4.79 Å². The summed E-state index contributed by atoms with van der Waals surface area (Å²) in [5.74, 6) is 1.63. The van der Waals surface area contributed by atoms with Gasteiger partial charge in [0, 0.05) is 44.6 Å². The third-order valence-electron chi connectivity index (χ3n) is 6.56. The second-order valence-electron chi connectivity index (χ2n) is 8.29. The maximum absolute atomic E-state index is 13.3. The zero-order chi connectivity index (χ0) is 17.5. The van der Waals surface area contributed by atoms with E-state index in [4.69, 9.17) is 0 Å². The van der Waals surface area contributed by atoms with Gasteiger partial charge in [0.2, 0.25) is 0 Å². The zero-order valence-electron chi connectivity index (χ0n) is 15.2. The second kappa shape index (κ2) is 6.62. The lowest BCUT2D eigenvalue weighted by molar-refractivity contribution is 0.0718. The van der Waals surface area contributed by atoms with Gasteiger partial charge >= 0.3 is 0 Å². The largest absolute Gasteiger partial charge is 0.337 e. The number of hydrogen-bond donors (Lipinski definition) is 0. The first-order valence-electron chi connectivity index (χ1n) is 10.0. The number of para-hydroxylation sites is 1. The van der Waals surface area contributed by atoms with E-state index in [1.807, 2.05) is 18.2 Å². The van der Waals surface area contributed by atoms with E-state index in [-0.39, 0.29) is 5.91 Å². The summed E-state index contributed by atoms with van der Waals surface area (Å²) in [5, 5.41) is 0. The molecule has 0 spiro atoms. The molecule has 0 unspecified atom stereocenters. The summed E-state index contributed by atoms with van der Waals surface area (Å²) in [6.07, 6.45) is 10.0. The fourth-order valence-corrected chi connectivity index (χ4v) is 4.91. The summed E-state index contributed by atoms with van der Waals surface area (Å²) >= 11 is 0. The molecule has 2 bridgehead atoms. The van der Waals surface area contributed by atoms with Crippen LogP contribution >= 0.6 is 0 Å². The van der Waals surface area contributed by atoms with Crippen molar-refractivity contribution in [3.63, 3.8) is 0 Å². The molecule has 5 heteroatoms. The van der Waals surface area contributed by atoms with E-state index in [2.05, 4.69) is 19.8 Å². The van der Waals surface area contributed by atoms with Crippen molar-refractivity contribution in [2.24, 2.45) is 11.8 Å². The van der Waals surface area contributed by atoms with Crippen LogP contribution in [0.1, 0.15) is 42.5 Å². The number of nitrogens with zero attached hydrogens (tertiary/aromatic N) is 4. The molecule has 1 aromatic heterocycles. The Labute approximate surface area is 154 Å².